The van der Waals surface area contributed by atoms with Gasteiger partial charge in [-0.15, -0.1) is 0 Å². The molecule has 5 nitrogen and oxygen atoms in total. The number of carbonyl (C=O) groups is 2. The second kappa shape index (κ2) is 6.89. The van der Waals surface area contributed by atoms with E-state index in [1.807, 2.05) is 0 Å². The molecule has 2 aliphatic rings. The van der Waals surface area contributed by atoms with Crippen molar-refractivity contribution >= 4 is 11.9 Å². The molecule has 0 spiro atoms. The van der Waals surface area contributed by atoms with Crippen LogP contribution in [-0.4, -0.2) is 36.6 Å². The van der Waals surface area contributed by atoms with Crippen molar-refractivity contribution in [3.05, 3.63) is 0 Å². The number of carboxylic acids is 1. The molecule has 1 heterocycles. The largest absolute Gasteiger partial charge is 0.481 e. The van der Waals surface area contributed by atoms with Crippen LogP contribution in [0.5, 0.6) is 0 Å². The van der Waals surface area contributed by atoms with Crippen LogP contribution in [-0.2, 0) is 9.59 Å². The highest BCUT2D eigenvalue weighted by molar-refractivity contribution is 5.79. The molecule has 1 aliphatic carbocycles. The van der Waals surface area contributed by atoms with Gasteiger partial charge in [-0.3, -0.25) is 9.59 Å². The Balaban J connectivity index is 1.79. The minimum atomic E-state index is -0.710. The van der Waals surface area contributed by atoms with Crippen LogP contribution in [0.3, 0.4) is 0 Å². The van der Waals surface area contributed by atoms with Crippen LogP contribution in [0.4, 0.5) is 0 Å². The second-order valence-electron chi connectivity index (χ2n) is 5.78. The molecule has 1 saturated carbocycles. The molecule has 2 fully saturated rings. The summed E-state index contributed by atoms with van der Waals surface area (Å²) in [5.41, 5.74) is 0. The van der Waals surface area contributed by atoms with Gasteiger partial charge in [-0.05, 0) is 38.1 Å². The van der Waals surface area contributed by atoms with Crippen molar-refractivity contribution in [3.63, 3.8) is 0 Å². The molecule has 0 aromatic carbocycles. The van der Waals surface area contributed by atoms with Crippen molar-refractivity contribution in [1.29, 1.82) is 0 Å². The topological polar surface area (TPSA) is 78.4 Å². The zero-order valence-electron chi connectivity index (χ0n) is 11.4. The highest BCUT2D eigenvalue weighted by Gasteiger charge is 2.31. The molecule has 2 unspecified atom stereocenters. The predicted octanol–water partition coefficient (Wildman–Crippen LogP) is 0.993. The van der Waals surface area contributed by atoms with Gasteiger partial charge in [-0.25, -0.2) is 0 Å². The van der Waals surface area contributed by atoms with E-state index in [0.29, 0.717) is 6.54 Å². The number of hydrogen-bond donors (Lipinski definition) is 3. The van der Waals surface area contributed by atoms with E-state index in [0.717, 1.165) is 51.6 Å². The summed E-state index contributed by atoms with van der Waals surface area (Å²) in [7, 11) is 0. The quantitative estimate of drug-likeness (QED) is 0.710. The average molecular weight is 268 g/mol. The van der Waals surface area contributed by atoms with E-state index in [9.17, 15) is 14.7 Å². The summed E-state index contributed by atoms with van der Waals surface area (Å²) in [6.07, 6.45) is 5.72. The van der Waals surface area contributed by atoms with Gasteiger partial charge < -0.3 is 15.7 Å². The van der Waals surface area contributed by atoms with E-state index >= 15 is 0 Å². The monoisotopic (exact) mass is 268 g/mol. The van der Waals surface area contributed by atoms with E-state index in [2.05, 4.69) is 10.6 Å². The minimum absolute atomic E-state index is 0.0561. The van der Waals surface area contributed by atoms with Gasteiger partial charge in [0.1, 0.15) is 0 Å². The Kier molecular flexibility index (Phi) is 5.19. The van der Waals surface area contributed by atoms with Crippen LogP contribution in [0.15, 0.2) is 0 Å². The smallest absolute Gasteiger partial charge is 0.306 e. The van der Waals surface area contributed by atoms with Gasteiger partial charge in [0, 0.05) is 13.1 Å². The number of carbonyl (C=O) groups excluding carboxylic acids is 1. The first-order chi connectivity index (χ1) is 9.18. The van der Waals surface area contributed by atoms with Gasteiger partial charge in [-0.2, -0.15) is 0 Å². The fourth-order valence-corrected chi connectivity index (χ4v) is 3.23. The zero-order valence-corrected chi connectivity index (χ0v) is 11.4. The van der Waals surface area contributed by atoms with Crippen LogP contribution in [0.25, 0.3) is 0 Å². The van der Waals surface area contributed by atoms with Crippen LogP contribution in [0.2, 0.25) is 0 Å². The second-order valence-corrected chi connectivity index (χ2v) is 5.78. The third-order valence-electron chi connectivity index (χ3n) is 4.43. The molecule has 1 amide bonds. The third kappa shape index (κ3) is 3.93. The summed E-state index contributed by atoms with van der Waals surface area (Å²) in [4.78, 5) is 23.2. The molecule has 0 aromatic rings. The SMILES string of the molecule is O=C(O)C1CCCCC1CNC(=O)[C@H]1CCCNC1. The number of aliphatic carboxylic acids is 1. The molecular formula is C14H24N2O3. The number of rotatable bonds is 4. The Morgan fingerprint density at radius 3 is 2.63 bits per heavy atom. The summed E-state index contributed by atoms with van der Waals surface area (Å²) >= 11 is 0. The summed E-state index contributed by atoms with van der Waals surface area (Å²) in [6.45, 7) is 2.26. The van der Waals surface area contributed by atoms with Crippen molar-refractivity contribution in [3.8, 4) is 0 Å². The van der Waals surface area contributed by atoms with Gasteiger partial charge in [0.25, 0.3) is 0 Å². The fourth-order valence-electron chi connectivity index (χ4n) is 3.23. The van der Waals surface area contributed by atoms with E-state index in [4.69, 9.17) is 0 Å². The molecule has 5 heteroatoms. The molecule has 108 valence electrons. The van der Waals surface area contributed by atoms with Gasteiger partial charge in [-0.1, -0.05) is 12.8 Å². The van der Waals surface area contributed by atoms with E-state index in [-0.39, 0.29) is 23.7 Å². The number of piperidine rings is 1. The average Bonchev–Trinajstić information content (AvgIpc) is 2.46. The summed E-state index contributed by atoms with van der Waals surface area (Å²) in [6, 6.07) is 0. The number of amides is 1. The summed E-state index contributed by atoms with van der Waals surface area (Å²) in [5, 5.41) is 15.4. The third-order valence-corrected chi connectivity index (χ3v) is 4.43. The van der Waals surface area contributed by atoms with Gasteiger partial charge in [0.15, 0.2) is 0 Å². The van der Waals surface area contributed by atoms with E-state index in [1.54, 1.807) is 0 Å². The standard InChI is InChI=1S/C14H24N2O3/c17-13(11-5-3-7-15-8-11)16-9-10-4-1-2-6-12(10)14(18)19/h10-12,15H,1-9H2,(H,16,17)(H,18,19)/t10?,11-,12?/m0/s1. The maximum Gasteiger partial charge on any atom is 0.306 e. The van der Waals surface area contributed by atoms with Crippen molar-refractivity contribution < 1.29 is 14.7 Å². The Hall–Kier alpha value is -1.10. The number of hydrogen-bond acceptors (Lipinski definition) is 3. The summed E-state index contributed by atoms with van der Waals surface area (Å²) < 4.78 is 0. The Bertz CT molecular complexity index is 327. The lowest BCUT2D eigenvalue weighted by Gasteiger charge is -2.29. The molecule has 19 heavy (non-hydrogen) atoms. The summed E-state index contributed by atoms with van der Waals surface area (Å²) in [5.74, 6) is -0.744. The maximum atomic E-state index is 12.0. The molecule has 1 saturated heterocycles. The molecular weight excluding hydrogens is 244 g/mol. The molecule has 3 N–H and O–H groups in total. The van der Waals surface area contributed by atoms with Crippen LogP contribution < -0.4 is 10.6 Å². The zero-order chi connectivity index (χ0) is 13.7. The van der Waals surface area contributed by atoms with Gasteiger partial charge >= 0.3 is 5.97 Å². The first-order valence-corrected chi connectivity index (χ1v) is 7.39. The Labute approximate surface area is 114 Å². The Morgan fingerprint density at radius 2 is 1.95 bits per heavy atom. The molecule has 0 bridgehead atoms. The number of carboxylic acid groups (broad SMARTS) is 1. The lowest BCUT2D eigenvalue weighted by Crippen LogP contribution is -2.43. The van der Waals surface area contributed by atoms with Crippen LogP contribution in [0.1, 0.15) is 38.5 Å². The lowest BCUT2D eigenvalue weighted by atomic mass is 9.79. The molecule has 0 radical (unpaired) electrons. The first-order valence-electron chi connectivity index (χ1n) is 7.39. The lowest BCUT2D eigenvalue weighted by molar-refractivity contribution is -0.145. The highest BCUT2D eigenvalue weighted by Crippen LogP contribution is 2.29. The van der Waals surface area contributed by atoms with Crippen LogP contribution in [0, 0.1) is 17.8 Å². The van der Waals surface area contributed by atoms with Crippen molar-refractivity contribution in [2.75, 3.05) is 19.6 Å². The molecule has 3 atom stereocenters. The molecule has 1 aliphatic heterocycles. The van der Waals surface area contributed by atoms with E-state index in [1.165, 1.54) is 0 Å². The number of nitrogens with one attached hydrogen (secondary N) is 2. The first kappa shape index (κ1) is 14.3. The van der Waals surface area contributed by atoms with Crippen LogP contribution >= 0.6 is 0 Å². The van der Waals surface area contributed by atoms with Crippen molar-refractivity contribution in [1.82, 2.24) is 10.6 Å². The van der Waals surface area contributed by atoms with Gasteiger partial charge in [0.2, 0.25) is 5.91 Å². The maximum absolute atomic E-state index is 12.0. The normalized spacial score (nSPS) is 31.7. The van der Waals surface area contributed by atoms with Gasteiger partial charge in [0.05, 0.1) is 11.8 Å². The van der Waals surface area contributed by atoms with E-state index < -0.39 is 5.97 Å². The Morgan fingerprint density at radius 1 is 1.16 bits per heavy atom. The van der Waals surface area contributed by atoms with Crippen molar-refractivity contribution in [2.45, 2.75) is 38.5 Å². The predicted molar refractivity (Wildman–Crippen MR) is 71.7 cm³/mol. The highest BCUT2D eigenvalue weighted by atomic mass is 16.4. The van der Waals surface area contributed by atoms with Crippen molar-refractivity contribution in [2.24, 2.45) is 17.8 Å². The fraction of sp³-hybridized carbons (Fsp3) is 0.857. The minimum Gasteiger partial charge on any atom is -0.481 e. The molecule has 0 aromatic heterocycles. The molecule has 2 rings (SSSR count).